The predicted octanol–water partition coefficient (Wildman–Crippen LogP) is 5.39. The van der Waals surface area contributed by atoms with Crippen molar-refractivity contribution in [1.82, 2.24) is 0 Å². The highest BCUT2D eigenvalue weighted by atomic mass is 14.7. The molecule has 8 unspecified atom stereocenters. The summed E-state index contributed by atoms with van der Waals surface area (Å²) in [6.07, 6.45) is 24.2. The first-order chi connectivity index (χ1) is 12.3. The molecule has 6 aliphatic rings. The molecule has 0 bridgehead atoms. The van der Waals surface area contributed by atoms with Crippen LogP contribution in [0, 0.1) is 40.9 Å². The summed E-state index contributed by atoms with van der Waals surface area (Å²) in [5.74, 6) is 5.48. The molecule has 1 spiro atoms. The molecule has 0 aliphatic heterocycles. The summed E-state index contributed by atoms with van der Waals surface area (Å²) in [6.45, 7) is 0. The molecule has 8 atom stereocenters. The maximum Gasteiger partial charge on any atom is 0.00794 e. The Hall–Kier alpha value is -0.820. The second-order valence-electron chi connectivity index (χ2n) is 9.97. The number of hydrogen-bond donors (Lipinski definition) is 1. The van der Waals surface area contributed by atoms with Crippen molar-refractivity contribution < 1.29 is 0 Å². The molecule has 6 aliphatic carbocycles. The monoisotopic (exact) mass is 335 g/mol. The minimum absolute atomic E-state index is 0.422. The number of allylic oxidation sites excluding steroid dienone is 5. The standard InChI is InChI=1S/C24H33N/c25-15-12-13-19-17-7-2-4-10-21(17)24(23(19)14-15)20-9-3-1-6-16(20)18-8-5-11-22(18)24/h2-3,7,9,15-18,20-22H,1,4-6,8,10-14,25H2. The molecule has 0 aromatic carbocycles. The quantitative estimate of drug-likeness (QED) is 0.590. The minimum Gasteiger partial charge on any atom is -0.327 e. The summed E-state index contributed by atoms with van der Waals surface area (Å²) < 4.78 is 0. The summed E-state index contributed by atoms with van der Waals surface area (Å²) in [6, 6.07) is 0.422. The fourth-order valence-electron chi connectivity index (χ4n) is 8.90. The highest BCUT2D eigenvalue weighted by Crippen LogP contribution is 2.75. The predicted molar refractivity (Wildman–Crippen MR) is 103 cm³/mol. The molecule has 1 heteroatoms. The zero-order valence-corrected chi connectivity index (χ0v) is 15.5. The molecule has 2 fully saturated rings. The molecule has 6 rings (SSSR count). The summed E-state index contributed by atoms with van der Waals surface area (Å²) >= 11 is 0. The third-order valence-corrected chi connectivity index (χ3v) is 9.35. The lowest BCUT2D eigenvalue weighted by Gasteiger charge is -2.47. The van der Waals surface area contributed by atoms with Crippen molar-refractivity contribution in [2.24, 2.45) is 46.7 Å². The van der Waals surface area contributed by atoms with E-state index in [1.807, 2.05) is 11.1 Å². The molecule has 0 radical (unpaired) electrons. The van der Waals surface area contributed by atoms with E-state index in [9.17, 15) is 0 Å². The third-order valence-electron chi connectivity index (χ3n) is 9.35. The first-order valence-corrected chi connectivity index (χ1v) is 11.1. The third kappa shape index (κ3) is 1.79. The van der Waals surface area contributed by atoms with E-state index in [1.165, 1.54) is 64.2 Å². The van der Waals surface area contributed by atoms with Crippen LogP contribution in [0.25, 0.3) is 0 Å². The van der Waals surface area contributed by atoms with Gasteiger partial charge in [-0.05, 0) is 87.4 Å². The summed E-state index contributed by atoms with van der Waals surface area (Å²) in [5.41, 5.74) is 10.8. The van der Waals surface area contributed by atoms with Gasteiger partial charge in [-0.3, -0.25) is 0 Å². The SMILES string of the molecule is NC1CCC2=C(C1)C1(C3C=CCCC3C3CCCC31)C1CCC=CC21. The van der Waals surface area contributed by atoms with Crippen molar-refractivity contribution in [2.75, 3.05) is 0 Å². The first kappa shape index (κ1) is 15.3. The molecule has 134 valence electrons. The molecule has 0 aromatic rings. The zero-order chi connectivity index (χ0) is 16.6. The van der Waals surface area contributed by atoms with Crippen molar-refractivity contribution in [3.63, 3.8) is 0 Å². The first-order valence-electron chi connectivity index (χ1n) is 11.1. The Morgan fingerprint density at radius 1 is 0.880 bits per heavy atom. The van der Waals surface area contributed by atoms with Gasteiger partial charge in [-0.2, -0.15) is 0 Å². The molecular weight excluding hydrogens is 302 g/mol. The van der Waals surface area contributed by atoms with E-state index in [1.54, 1.807) is 0 Å². The Bertz CT molecular complexity index is 670. The van der Waals surface area contributed by atoms with E-state index in [0.29, 0.717) is 11.5 Å². The van der Waals surface area contributed by atoms with Crippen molar-refractivity contribution in [1.29, 1.82) is 0 Å². The Morgan fingerprint density at radius 3 is 2.72 bits per heavy atom. The smallest absolute Gasteiger partial charge is 0.00794 e. The molecule has 0 aromatic heterocycles. The molecule has 25 heavy (non-hydrogen) atoms. The van der Waals surface area contributed by atoms with E-state index in [-0.39, 0.29) is 0 Å². The number of rotatable bonds is 0. The van der Waals surface area contributed by atoms with Crippen LogP contribution in [0.3, 0.4) is 0 Å². The average molecular weight is 336 g/mol. The maximum atomic E-state index is 6.57. The molecule has 0 saturated heterocycles. The number of nitrogens with two attached hydrogens (primary N) is 1. The van der Waals surface area contributed by atoms with Crippen LogP contribution in [-0.4, -0.2) is 6.04 Å². The van der Waals surface area contributed by atoms with Crippen LogP contribution in [0.1, 0.15) is 64.2 Å². The van der Waals surface area contributed by atoms with Crippen LogP contribution in [0.2, 0.25) is 0 Å². The molecule has 2 N–H and O–H groups in total. The van der Waals surface area contributed by atoms with E-state index >= 15 is 0 Å². The van der Waals surface area contributed by atoms with E-state index < -0.39 is 0 Å². The minimum atomic E-state index is 0.422. The van der Waals surface area contributed by atoms with Gasteiger partial charge in [0, 0.05) is 17.4 Å². The van der Waals surface area contributed by atoms with E-state index in [2.05, 4.69) is 24.3 Å². The highest BCUT2D eigenvalue weighted by molar-refractivity contribution is 5.44. The molecular formula is C24H33N. The zero-order valence-electron chi connectivity index (χ0n) is 15.5. The fourth-order valence-corrected chi connectivity index (χ4v) is 8.90. The Labute approximate surface area is 152 Å². The van der Waals surface area contributed by atoms with Crippen LogP contribution >= 0.6 is 0 Å². The fraction of sp³-hybridized carbons (Fsp3) is 0.750. The van der Waals surface area contributed by atoms with Crippen molar-refractivity contribution in [3.8, 4) is 0 Å². The van der Waals surface area contributed by atoms with Crippen molar-refractivity contribution >= 4 is 0 Å². The topological polar surface area (TPSA) is 26.0 Å². The van der Waals surface area contributed by atoms with Crippen molar-refractivity contribution in [3.05, 3.63) is 35.5 Å². The largest absolute Gasteiger partial charge is 0.327 e. The van der Waals surface area contributed by atoms with Crippen LogP contribution in [-0.2, 0) is 0 Å². The summed E-state index contributed by atoms with van der Waals surface area (Å²) in [4.78, 5) is 0. The van der Waals surface area contributed by atoms with Crippen LogP contribution in [0.15, 0.2) is 35.5 Å². The van der Waals surface area contributed by atoms with Gasteiger partial charge in [0.2, 0.25) is 0 Å². The second kappa shape index (κ2) is 5.35. The van der Waals surface area contributed by atoms with Gasteiger partial charge in [-0.25, -0.2) is 0 Å². The van der Waals surface area contributed by atoms with E-state index in [4.69, 9.17) is 5.73 Å². The molecule has 1 nitrogen and oxygen atoms in total. The van der Waals surface area contributed by atoms with Crippen LogP contribution < -0.4 is 5.73 Å². The van der Waals surface area contributed by atoms with Crippen molar-refractivity contribution in [2.45, 2.75) is 70.3 Å². The summed E-state index contributed by atoms with van der Waals surface area (Å²) in [7, 11) is 0. The lowest BCUT2D eigenvalue weighted by Crippen LogP contribution is -2.42. The normalized spacial score (nSPS) is 53.1. The summed E-state index contributed by atoms with van der Waals surface area (Å²) in [5, 5.41) is 0. The molecule has 0 heterocycles. The van der Waals surface area contributed by atoms with Gasteiger partial charge < -0.3 is 5.73 Å². The lowest BCUT2D eigenvalue weighted by atomic mass is 9.56. The Kier molecular flexibility index (Phi) is 3.26. The Balaban J connectivity index is 1.58. The average Bonchev–Trinajstić information content (AvgIpc) is 3.29. The van der Waals surface area contributed by atoms with Gasteiger partial charge in [0.05, 0.1) is 0 Å². The Morgan fingerprint density at radius 2 is 1.76 bits per heavy atom. The molecule has 2 saturated carbocycles. The second-order valence-corrected chi connectivity index (χ2v) is 9.97. The molecule has 0 amide bonds. The number of fused-ring (bicyclic) bond motifs is 9. The number of hydrogen-bond acceptors (Lipinski definition) is 1. The van der Waals surface area contributed by atoms with Gasteiger partial charge in [-0.15, -0.1) is 0 Å². The maximum absolute atomic E-state index is 6.57. The highest BCUT2D eigenvalue weighted by Gasteiger charge is 2.68. The van der Waals surface area contributed by atoms with Crippen LogP contribution in [0.4, 0.5) is 0 Å². The lowest BCUT2D eigenvalue weighted by molar-refractivity contribution is 0.0860. The van der Waals surface area contributed by atoms with Gasteiger partial charge in [0.15, 0.2) is 0 Å². The van der Waals surface area contributed by atoms with Gasteiger partial charge >= 0.3 is 0 Å². The van der Waals surface area contributed by atoms with Gasteiger partial charge in [0.25, 0.3) is 0 Å². The van der Waals surface area contributed by atoms with E-state index in [0.717, 1.165) is 35.5 Å². The van der Waals surface area contributed by atoms with Gasteiger partial charge in [-0.1, -0.05) is 41.9 Å². The van der Waals surface area contributed by atoms with Gasteiger partial charge in [0.1, 0.15) is 0 Å². The van der Waals surface area contributed by atoms with Crippen LogP contribution in [0.5, 0.6) is 0 Å².